The molecule has 2 N–H and O–H groups in total. The van der Waals surface area contributed by atoms with Gasteiger partial charge in [-0.3, -0.25) is 5.10 Å². The zero-order chi connectivity index (χ0) is 11.0. The highest BCUT2D eigenvalue weighted by Gasteiger charge is 2.15. The Hall–Kier alpha value is -1.65. The third kappa shape index (κ3) is 1.43. The lowest BCUT2D eigenvalue weighted by Gasteiger charge is -2.06. The van der Waals surface area contributed by atoms with Crippen LogP contribution < -0.4 is 0 Å². The molecule has 0 aliphatic carbocycles. The molecule has 0 bridgehead atoms. The molecular formula is C12H10N2OS. The summed E-state index contributed by atoms with van der Waals surface area (Å²) in [7, 11) is 0. The molecule has 0 radical (unpaired) electrons. The summed E-state index contributed by atoms with van der Waals surface area (Å²) < 4.78 is 1.19. The summed E-state index contributed by atoms with van der Waals surface area (Å²) in [4.78, 5) is 0. The van der Waals surface area contributed by atoms with Gasteiger partial charge in [-0.15, -0.1) is 11.3 Å². The van der Waals surface area contributed by atoms with E-state index in [-0.39, 0.29) is 0 Å². The minimum atomic E-state index is -0.602. The molecule has 0 aliphatic heterocycles. The molecule has 2 aromatic heterocycles. The van der Waals surface area contributed by atoms with Crippen molar-refractivity contribution in [1.29, 1.82) is 0 Å². The van der Waals surface area contributed by atoms with E-state index in [4.69, 9.17) is 0 Å². The topological polar surface area (TPSA) is 48.9 Å². The number of aliphatic hydroxyl groups excluding tert-OH is 1. The molecule has 0 saturated heterocycles. The fraction of sp³-hybridized carbons (Fsp3) is 0.0833. The highest BCUT2D eigenvalue weighted by atomic mass is 32.1. The number of H-pyrrole nitrogens is 1. The highest BCUT2D eigenvalue weighted by Crippen LogP contribution is 2.32. The summed E-state index contributed by atoms with van der Waals surface area (Å²) in [6.45, 7) is 0. The van der Waals surface area contributed by atoms with Gasteiger partial charge in [-0.25, -0.2) is 0 Å². The Labute approximate surface area is 96.4 Å². The van der Waals surface area contributed by atoms with Gasteiger partial charge in [0.1, 0.15) is 6.10 Å². The number of nitrogens with one attached hydrogen (secondary N) is 1. The van der Waals surface area contributed by atoms with E-state index in [1.165, 1.54) is 4.70 Å². The lowest BCUT2D eigenvalue weighted by atomic mass is 10.0. The number of thiophene rings is 1. The van der Waals surface area contributed by atoms with Crippen LogP contribution in [0.4, 0.5) is 0 Å². The van der Waals surface area contributed by atoms with Gasteiger partial charge in [-0.2, -0.15) is 5.10 Å². The first-order valence-electron chi connectivity index (χ1n) is 4.99. The van der Waals surface area contributed by atoms with Crippen LogP contribution in [-0.2, 0) is 0 Å². The van der Waals surface area contributed by atoms with Gasteiger partial charge in [-0.1, -0.05) is 18.2 Å². The summed E-state index contributed by atoms with van der Waals surface area (Å²) in [6, 6.07) is 8.09. The standard InChI is InChI=1S/C12H10N2OS/c15-12(8-5-13-14-6-8)10-7-16-11-4-2-1-3-9(10)11/h1-7,12,15H,(H,13,14). The Morgan fingerprint density at radius 3 is 3.00 bits per heavy atom. The van der Waals surface area contributed by atoms with E-state index in [9.17, 15) is 5.11 Å². The number of aromatic nitrogens is 2. The highest BCUT2D eigenvalue weighted by molar-refractivity contribution is 7.17. The summed E-state index contributed by atoms with van der Waals surface area (Å²) in [5.41, 5.74) is 1.74. The van der Waals surface area contributed by atoms with Crippen molar-refractivity contribution in [2.24, 2.45) is 0 Å². The maximum absolute atomic E-state index is 10.2. The Morgan fingerprint density at radius 1 is 1.31 bits per heavy atom. The molecule has 1 unspecified atom stereocenters. The normalized spacial score (nSPS) is 13.1. The number of fused-ring (bicyclic) bond motifs is 1. The molecule has 3 rings (SSSR count). The van der Waals surface area contributed by atoms with Gasteiger partial charge in [0, 0.05) is 22.0 Å². The number of aliphatic hydroxyl groups is 1. The van der Waals surface area contributed by atoms with Crippen molar-refractivity contribution < 1.29 is 5.11 Å². The Morgan fingerprint density at radius 2 is 2.19 bits per heavy atom. The molecule has 16 heavy (non-hydrogen) atoms. The lowest BCUT2D eigenvalue weighted by molar-refractivity contribution is 0.222. The van der Waals surface area contributed by atoms with Gasteiger partial charge in [0.2, 0.25) is 0 Å². The third-order valence-corrected chi connectivity index (χ3v) is 3.62. The minimum Gasteiger partial charge on any atom is -0.383 e. The van der Waals surface area contributed by atoms with Gasteiger partial charge in [0.15, 0.2) is 0 Å². The van der Waals surface area contributed by atoms with Crippen LogP contribution in [0.25, 0.3) is 10.1 Å². The summed E-state index contributed by atoms with van der Waals surface area (Å²) in [5.74, 6) is 0. The molecule has 1 atom stereocenters. The maximum atomic E-state index is 10.2. The van der Waals surface area contributed by atoms with E-state index < -0.39 is 6.10 Å². The van der Waals surface area contributed by atoms with Crippen molar-refractivity contribution in [2.75, 3.05) is 0 Å². The van der Waals surface area contributed by atoms with E-state index in [2.05, 4.69) is 16.3 Å². The maximum Gasteiger partial charge on any atom is 0.108 e. The van der Waals surface area contributed by atoms with E-state index >= 15 is 0 Å². The van der Waals surface area contributed by atoms with Crippen LogP contribution in [0, 0.1) is 0 Å². The van der Waals surface area contributed by atoms with Crippen LogP contribution in [0.1, 0.15) is 17.2 Å². The van der Waals surface area contributed by atoms with Crippen LogP contribution >= 0.6 is 11.3 Å². The number of hydrogen-bond donors (Lipinski definition) is 2. The summed E-state index contributed by atoms with van der Waals surface area (Å²) >= 11 is 1.65. The second-order valence-corrected chi connectivity index (χ2v) is 4.53. The summed E-state index contributed by atoms with van der Waals surface area (Å²) in [5, 5.41) is 19.9. The third-order valence-electron chi connectivity index (χ3n) is 2.64. The number of rotatable bonds is 2. The smallest absolute Gasteiger partial charge is 0.108 e. The van der Waals surface area contributed by atoms with Crippen LogP contribution in [0.5, 0.6) is 0 Å². The summed E-state index contributed by atoms with van der Waals surface area (Å²) in [6.07, 6.45) is 2.77. The first-order valence-corrected chi connectivity index (χ1v) is 5.87. The second-order valence-electron chi connectivity index (χ2n) is 3.62. The molecule has 2 heterocycles. The van der Waals surface area contributed by atoms with Gasteiger partial charge in [0.25, 0.3) is 0 Å². The average Bonchev–Trinajstić information content (AvgIpc) is 2.98. The largest absolute Gasteiger partial charge is 0.383 e. The van der Waals surface area contributed by atoms with Crippen molar-refractivity contribution >= 4 is 21.4 Å². The lowest BCUT2D eigenvalue weighted by Crippen LogP contribution is -1.96. The first-order chi connectivity index (χ1) is 7.86. The number of nitrogens with zero attached hydrogens (tertiary/aromatic N) is 1. The quantitative estimate of drug-likeness (QED) is 0.711. The molecule has 1 aromatic carbocycles. The van der Waals surface area contributed by atoms with Crippen molar-refractivity contribution in [1.82, 2.24) is 10.2 Å². The SMILES string of the molecule is OC(c1cn[nH]c1)c1csc2ccccc12. The predicted molar refractivity (Wildman–Crippen MR) is 64.5 cm³/mol. The van der Waals surface area contributed by atoms with E-state index in [1.807, 2.05) is 23.6 Å². The number of aromatic amines is 1. The zero-order valence-electron chi connectivity index (χ0n) is 8.42. The molecule has 80 valence electrons. The molecule has 0 fully saturated rings. The minimum absolute atomic E-state index is 0.602. The molecule has 0 aliphatic rings. The molecule has 4 heteroatoms. The van der Waals surface area contributed by atoms with Gasteiger partial charge < -0.3 is 5.11 Å². The van der Waals surface area contributed by atoms with Gasteiger partial charge in [-0.05, 0) is 16.8 Å². The predicted octanol–water partition coefficient (Wildman–Crippen LogP) is 2.71. The van der Waals surface area contributed by atoms with Crippen LogP contribution in [-0.4, -0.2) is 15.3 Å². The molecule has 0 spiro atoms. The monoisotopic (exact) mass is 230 g/mol. The van der Waals surface area contributed by atoms with Crippen molar-refractivity contribution in [3.05, 3.63) is 53.2 Å². The van der Waals surface area contributed by atoms with Gasteiger partial charge in [0.05, 0.1) is 6.20 Å². The Bertz CT molecular complexity index is 600. The van der Waals surface area contributed by atoms with Crippen molar-refractivity contribution in [2.45, 2.75) is 6.10 Å². The fourth-order valence-electron chi connectivity index (χ4n) is 1.80. The molecule has 0 amide bonds. The molecular weight excluding hydrogens is 220 g/mol. The number of hydrogen-bond acceptors (Lipinski definition) is 3. The van der Waals surface area contributed by atoms with Crippen LogP contribution in [0.3, 0.4) is 0 Å². The first kappa shape index (κ1) is 9.57. The molecule has 3 aromatic rings. The zero-order valence-corrected chi connectivity index (χ0v) is 9.24. The van der Waals surface area contributed by atoms with Crippen LogP contribution in [0.2, 0.25) is 0 Å². The van der Waals surface area contributed by atoms with Crippen molar-refractivity contribution in [3.8, 4) is 0 Å². The second kappa shape index (κ2) is 3.73. The average molecular weight is 230 g/mol. The van der Waals surface area contributed by atoms with Gasteiger partial charge >= 0.3 is 0 Å². The molecule has 3 nitrogen and oxygen atoms in total. The molecule has 0 saturated carbocycles. The fourth-order valence-corrected chi connectivity index (χ4v) is 2.78. The number of benzene rings is 1. The van der Waals surface area contributed by atoms with Crippen LogP contribution in [0.15, 0.2) is 42.0 Å². The Balaban J connectivity index is 2.12. The van der Waals surface area contributed by atoms with E-state index in [0.29, 0.717) is 0 Å². The van der Waals surface area contributed by atoms with E-state index in [1.54, 1.807) is 23.7 Å². The Kier molecular flexibility index (Phi) is 2.23. The van der Waals surface area contributed by atoms with E-state index in [0.717, 1.165) is 16.5 Å². The van der Waals surface area contributed by atoms with Crippen molar-refractivity contribution in [3.63, 3.8) is 0 Å².